The van der Waals surface area contributed by atoms with E-state index in [0.29, 0.717) is 6.61 Å². The highest BCUT2D eigenvalue weighted by Crippen LogP contribution is 2.22. The molecule has 4 aromatic rings. The zero-order chi connectivity index (χ0) is 25.3. The molecule has 6 heteroatoms. The van der Waals surface area contributed by atoms with Crippen molar-refractivity contribution in [2.75, 3.05) is 19.7 Å². The molecule has 0 saturated carbocycles. The molecule has 0 spiro atoms. The first kappa shape index (κ1) is 24.7. The van der Waals surface area contributed by atoms with Gasteiger partial charge in [0.05, 0.1) is 11.4 Å². The Balaban J connectivity index is 1.13. The van der Waals surface area contributed by atoms with Crippen LogP contribution in [0.25, 0.3) is 11.4 Å². The highest BCUT2D eigenvalue weighted by atomic mass is 16.5. The summed E-state index contributed by atoms with van der Waals surface area (Å²) in [5.74, 6) is 2.28. The van der Waals surface area contributed by atoms with Gasteiger partial charge in [-0.3, -0.25) is 9.13 Å². The molecule has 0 atom stereocenters. The summed E-state index contributed by atoms with van der Waals surface area (Å²) in [6.45, 7) is 2.42. The minimum absolute atomic E-state index is 0.136. The quantitative estimate of drug-likeness (QED) is 0.197. The van der Waals surface area contributed by atoms with E-state index in [1.165, 1.54) is 25.7 Å². The minimum Gasteiger partial charge on any atom is -0.492 e. The van der Waals surface area contributed by atoms with Crippen LogP contribution in [-0.2, 0) is 0 Å². The van der Waals surface area contributed by atoms with Crippen molar-refractivity contribution in [3.63, 3.8) is 0 Å². The summed E-state index contributed by atoms with van der Waals surface area (Å²) < 4.78 is 15.0. The lowest BCUT2D eigenvalue weighted by atomic mass is 9.97. The third-order valence-corrected chi connectivity index (χ3v) is 6.54. The van der Waals surface area contributed by atoms with Crippen LogP contribution in [-0.4, -0.2) is 28.8 Å². The lowest BCUT2D eigenvalue weighted by molar-refractivity contribution is 0.314. The second kappa shape index (κ2) is 12.3. The van der Waals surface area contributed by atoms with Gasteiger partial charge in [0.1, 0.15) is 23.9 Å². The number of nitrogens with one attached hydrogen (secondary N) is 1. The van der Waals surface area contributed by atoms with Gasteiger partial charge in [-0.05, 0) is 99.3 Å². The first-order valence-corrected chi connectivity index (χ1v) is 13.0. The van der Waals surface area contributed by atoms with Crippen LogP contribution in [0.15, 0.2) is 108 Å². The van der Waals surface area contributed by atoms with Crippen LogP contribution >= 0.6 is 0 Å². The second-order valence-electron chi connectivity index (χ2n) is 9.18. The molecule has 6 nitrogen and oxygen atoms in total. The molecule has 0 fully saturated rings. The van der Waals surface area contributed by atoms with Crippen LogP contribution in [0.1, 0.15) is 32.1 Å². The van der Waals surface area contributed by atoms with Crippen molar-refractivity contribution in [2.24, 2.45) is 0 Å². The highest BCUT2D eigenvalue weighted by molar-refractivity contribution is 5.41. The average Bonchev–Trinajstić information content (AvgIpc) is 3.33. The predicted molar refractivity (Wildman–Crippen MR) is 147 cm³/mol. The fourth-order valence-electron chi connectivity index (χ4n) is 4.52. The summed E-state index contributed by atoms with van der Waals surface area (Å²) in [5, 5.41) is 3.46. The van der Waals surface area contributed by atoms with Crippen LogP contribution < -0.4 is 20.5 Å². The van der Waals surface area contributed by atoms with Crippen molar-refractivity contribution < 1.29 is 9.47 Å². The Kier molecular flexibility index (Phi) is 8.18. The van der Waals surface area contributed by atoms with Gasteiger partial charge < -0.3 is 14.8 Å². The van der Waals surface area contributed by atoms with E-state index in [0.717, 1.165) is 48.1 Å². The molecule has 0 radical (unpaired) electrons. The SMILES string of the molecule is O=c1n(-c2ccc(OCCNCCC3=CCCCC3)cc2)ccn1-c1ccc(Oc2ccccc2)cc1. The number of hydrogen-bond donors (Lipinski definition) is 1. The molecule has 0 amide bonds. The van der Waals surface area contributed by atoms with Crippen molar-refractivity contribution in [2.45, 2.75) is 32.1 Å². The third kappa shape index (κ3) is 6.60. The molecule has 1 aliphatic rings. The fraction of sp³-hybridized carbons (Fsp3) is 0.258. The monoisotopic (exact) mass is 495 g/mol. The summed E-state index contributed by atoms with van der Waals surface area (Å²) in [6.07, 6.45) is 12.3. The standard InChI is InChI=1S/C31H33N3O3/c35-31-33(22-23-34(31)27-13-17-30(18-14-27)37-29-9-5-2-6-10-29)26-11-15-28(16-12-26)36-24-21-32-20-19-25-7-3-1-4-8-25/h2,5-7,9-18,22-23,32H,1,3-4,8,19-21,24H2. The summed E-state index contributed by atoms with van der Waals surface area (Å²) in [5.41, 5.74) is 3.02. The van der Waals surface area contributed by atoms with Gasteiger partial charge in [-0.25, -0.2) is 4.79 Å². The maximum Gasteiger partial charge on any atom is 0.337 e. The summed E-state index contributed by atoms with van der Waals surface area (Å²) in [6, 6.07) is 24.7. The number of hydrogen-bond acceptors (Lipinski definition) is 4. The number of benzene rings is 3. The number of aromatic nitrogens is 2. The Morgan fingerprint density at radius 1 is 0.730 bits per heavy atom. The number of ether oxygens (including phenoxy) is 2. The summed E-state index contributed by atoms with van der Waals surface area (Å²) in [7, 11) is 0. The van der Waals surface area contributed by atoms with Gasteiger partial charge in [0.25, 0.3) is 0 Å². The van der Waals surface area contributed by atoms with E-state index in [2.05, 4.69) is 11.4 Å². The Bertz CT molecular complexity index is 1350. The van der Waals surface area contributed by atoms with Gasteiger partial charge in [-0.15, -0.1) is 0 Å². The van der Waals surface area contributed by atoms with E-state index < -0.39 is 0 Å². The molecule has 0 unspecified atom stereocenters. The van der Waals surface area contributed by atoms with Gasteiger partial charge in [0.2, 0.25) is 0 Å². The Morgan fingerprint density at radius 2 is 1.38 bits per heavy atom. The van der Waals surface area contributed by atoms with E-state index in [1.807, 2.05) is 78.9 Å². The van der Waals surface area contributed by atoms with Crippen LogP contribution in [0.4, 0.5) is 0 Å². The molecule has 1 aliphatic carbocycles. The molecule has 190 valence electrons. The minimum atomic E-state index is -0.136. The van der Waals surface area contributed by atoms with E-state index in [4.69, 9.17) is 9.47 Å². The second-order valence-corrected chi connectivity index (χ2v) is 9.18. The van der Waals surface area contributed by atoms with Crippen molar-refractivity contribution in [1.82, 2.24) is 14.5 Å². The smallest absolute Gasteiger partial charge is 0.337 e. The highest BCUT2D eigenvalue weighted by Gasteiger charge is 2.08. The lowest BCUT2D eigenvalue weighted by Crippen LogP contribution is -2.22. The molecule has 1 N–H and O–H groups in total. The van der Waals surface area contributed by atoms with Gasteiger partial charge in [-0.2, -0.15) is 0 Å². The van der Waals surface area contributed by atoms with Crippen molar-refractivity contribution in [3.05, 3.63) is 113 Å². The normalized spacial score (nSPS) is 13.2. The molecular formula is C31H33N3O3. The largest absolute Gasteiger partial charge is 0.492 e. The average molecular weight is 496 g/mol. The van der Waals surface area contributed by atoms with Gasteiger partial charge in [0.15, 0.2) is 0 Å². The summed E-state index contributed by atoms with van der Waals surface area (Å²) >= 11 is 0. The fourth-order valence-corrected chi connectivity index (χ4v) is 4.52. The van der Waals surface area contributed by atoms with Crippen molar-refractivity contribution in [3.8, 4) is 28.6 Å². The maximum absolute atomic E-state index is 13.1. The van der Waals surface area contributed by atoms with Crippen molar-refractivity contribution >= 4 is 0 Å². The predicted octanol–water partition coefficient (Wildman–Crippen LogP) is 6.28. The molecule has 1 heterocycles. The van der Waals surface area contributed by atoms with Crippen molar-refractivity contribution in [1.29, 1.82) is 0 Å². The van der Waals surface area contributed by atoms with E-state index >= 15 is 0 Å². The molecule has 37 heavy (non-hydrogen) atoms. The lowest BCUT2D eigenvalue weighted by Gasteiger charge is -2.13. The first-order valence-electron chi connectivity index (χ1n) is 13.0. The van der Waals surface area contributed by atoms with Gasteiger partial charge in [-0.1, -0.05) is 29.8 Å². The third-order valence-electron chi connectivity index (χ3n) is 6.54. The molecular weight excluding hydrogens is 462 g/mol. The van der Waals surface area contributed by atoms with Gasteiger partial charge >= 0.3 is 5.69 Å². The molecule has 3 aromatic carbocycles. The Labute approximate surface area is 217 Å². The molecule has 0 bridgehead atoms. The first-order chi connectivity index (χ1) is 18.3. The maximum atomic E-state index is 13.1. The topological polar surface area (TPSA) is 57.4 Å². The van der Waals surface area contributed by atoms with Gasteiger partial charge in [0, 0.05) is 18.9 Å². The van der Waals surface area contributed by atoms with Crippen LogP contribution in [0, 0.1) is 0 Å². The zero-order valence-corrected chi connectivity index (χ0v) is 21.0. The number of para-hydroxylation sites is 1. The molecule has 5 rings (SSSR count). The van der Waals surface area contributed by atoms with E-state index in [-0.39, 0.29) is 5.69 Å². The molecule has 1 aromatic heterocycles. The summed E-state index contributed by atoms with van der Waals surface area (Å²) in [4.78, 5) is 13.1. The Hall–Kier alpha value is -4.03. The number of imidazole rings is 1. The number of nitrogens with zero attached hydrogens (tertiary/aromatic N) is 2. The van der Waals surface area contributed by atoms with E-state index in [9.17, 15) is 4.79 Å². The molecule has 0 saturated heterocycles. The van der Waals surface area contributed by atoms with Crippen LogP contribution in [0.5, 0.6) is 17.2 Å². The number of allylic oxidation sites excluding steroid dienone is 1. The Morgan fingerprint density at radius 3 is 2.03 bits per heavy atom. The van der Waals surface area contributed by atoms with E-state index in [1.54, 1.807) is 27.1 Å². The van der Waals surface area contributed by atoms with Crippen LogP contribution in [0.3, 0.4) is 0 Å². The van der Waals surface area contributed by atoms with Crippen LogP contribution in [0.2, 0.25) is 0 Å². The number of rotatable bonds is 11. The zero-order valence-electron chi connectivity index (χ0n) is 21.0. The molecule has 0 aliphatic heterocycles.